The first-order valence-electron chi connectivity index (χ1n) is 5.70. The van der Waals surface area contributed by atoms with Crippen molar-refractivity contribution in [2.24, 2.45) is 0 Å². The summed E-state index contributed by atoms with van der Waals surface area (Å²) in [5.74, 6) is -0.725. The number of benzene rings is 1. The SMILES string of the molecule is CCc1ccccc1NCc1nc(C(=O)O)co1. The third-order valence-electron chi connectivity index (χ3n) is 2.60. The first kappa shape index (κ1) is 12.2. The van der Waals surface area contributed by atoms with Crippen molar-refractivity contribution in [2.75, 3.05) is 5.32 Å². The molecule has 0 unspecified atom stereocenters. The molecule has 2 aromatic rings. The van der Waals surface area contributed by atoms with E-state index in [4.69, 9.17) is 9.52 Å². The van der Waals surface area contributed by atoms with E-state index in [1.807, 2.05) is 24.3 Å². The number of aryl methyl sites for hydroxylation is 1. The number of carbonyl (C=O) groups is 1. The average Bonchev–Trinajstić information content (AvgIpc) is 2.85. The van der Waals surface area contributed by atoms with Crippen molar-refractivity contribution in [3.63, 3.8) is 0 Å². The number of para-hydroxylation sites is 1. The quantitative estimate of drug-likeness (QED) is 0.847. The summed E-state index contributed by atoms with van der Waals surface area (Å²) in [4.78, 5) is 14.5. The Labute approximate surface area is 104 Å². The fraction of sp³-hybridized carbons (Fsp3) is 0.231. The molecular weight excluding hydrogens is 232 g/mol. The van der Waals surface area contributed by atoms with E-state index < -0.39 is 5.97 Å². The molecule has 5 heteroatoms. The van der Waals surface area contributed by atoms with Gasteiger partial charge in [0.15, 0.2) is 5.69 Å². The van der Waals surface area contributed by atoms with Gasteiger partial charge in [-0.3, -0.25) is 0 Å². The van der Waals surface area contributed by atoms with Gasteiger partial charge < -0.3 is 14.8 Å². The minimum atomic E-state index is -1.08. The van der Waals surface area contributed by atoms with E-state index in [0.29, 0.717) is 12.4 Å². The van der Waals surface area contributed by atoms with E-state index in [9.17, 15) is 4.79 Å². The lowest BCUT2D eigenvalue weighted by Gasteiger charge is -2.08. The van der Waals surface area contributed by atoms with Crippen LogP contribution in [0.3, 0.4) is 0 Å². The monoisotopic (exact) mass is 246 g/mol. The Kier molecular flexibility index (Phi) is 3.62. The van der Waals surface area contributed by atoms with Gasteiger partial charge >= 0.3 is 5.97 Å². The zero-order valence-corrected chi connectivity index (χ0v) is 10.0. The lowest BCUT2D eigenvalue weighted by Crippen LogP contribution is -2.03. The molecule has 0 atom stereocenters. The second-order valence-electron chi connectivity index (χ2n) is 3.80. The normalized spacial score (nSPS) is 10.3. The minimum absolute atomic E-state index is 0.0735. The summed E-state index contributed by atoms with van der Waals surface area (Å²) < 4.78 is 5.07. The first-order chi connectivity index (χ1) is 8.70. The summed E-state index contributed by atoms with van der Waals surface area (Å²) in [5.41, 5.74) is 2.13. The number of oxazole rings is 1. The molecule has 0 aliphatic carbocycles. The smallest absolute Gasteiger partial charge is 0.357 e. The summed E-state index contributed by atoms with van der Waals surface area (Å²) in [6.45, 7) is 2.44. The molecule has 18 heavy (non-hydrogen) atoms. The number of hydrogen-bond acceptors (Lipinski definition) is 4. The second kappa shape index (κ2) is 5.35. The van der Waals surface area contributed by atoms with Gasteiger partial charge in [0.25, 0.3) is 0 Å². The van der Waals surface area contributed by atoms with Crippen LogP contribution in [0.25, 0.3) is 0 Å². The highest BCUT2D eigenvalue weighted by Crippen LogP contribution is 2.16. The summed E-state index contributed by atoms with van der Waals surface area (Å²) in [7, 11) is 0. The molecule has 1 aromatic carbocycles. The molecule has 5 nitrogen and oxygen atoms in total. The average molecular weight is 246 g/mol. The van der Waals surface area contributed by atoms with Crippen LogP contribution in [0.4, 0.5) is 5.69 Å². The van der Waals surface area contributed by atoms with Gasteiger partial charge in [-0.25, -0.2) is 9.78 Å². The number of aromatic carboxylic acids is 1. The lowest BCUT2D eigenvalue weighted by molar-refractivity contribution is 0.0690. The van der Waals surface area contributed by atoms with Crippen molar-refractivity contribution in [2.45, 2.75) is 19.9 Å². The van der Waals surface area contributed by atoms with E-state index >= 15 is 0 Å². The zero-order valence-electron chi connectivity index (χ0n) is 10.0. The van der Waals surface area contributed by atoms with Crippen molar-refractivity contribution in [3.05, 3.63) is 47.7 Å². The number of nitrogens with zero attached hydrogens (tertiary/aromatic N) is 1. The number of hydrogen-bond donors (Lipinski definition) is 2. The van der Waals surface area contributed by atoms with E-state index in [0.717, 1.165) is 18.4 Å². The van der Waals surface area contributed by atoms with Crippen LogP contribution in [-0.2, 0) is 13.0 Å². The van der Waals surface area contributed by atoms with Crippen LogP contribution in [0, 0.1) is 0 Å². The molecule has 2 N–H and O–H groups in total. The highest BCUT2D eigenvalue weighted by Gasteiger charge is 2.10. The van der Waals surface area contributed by atoms with Crippen LogP contribution in [-0.4, -0.2) is 16.1 Å². The van der Waals surface area contributed by atoms with E-state index in [1.54, 1.807) is 0 Å². The standard InChI is InChI=1S/C13H14N2O3/c1-2-9-5-3-4-6-10(9)14-7-12-15-11(8-18-12)13(16)17/h3-6,8,14H,2,7H2,1H3,(H,16,17). The van der Waals surface area contributed by atoms with Gasteiger partial charge in [0.1, 0.15) is 6.26 Å². The Morgan fingerprint density at radius 1 is 1.44 bits per heavy atom. The third-order valence-corrected chi connectivity index (χ3v) is 2.60. The molecule has 0 aliphatic rings. The van der Waals surface area contributed by atoms with Crippen molar-refractivity contribution < 1.29 is 14.3 Å². The van der Waals surface area contributed by atoms with Crippen molar-refractivity contribution >= 4 is 11.7 Å². The topological polar surface area (TPSA) is 75.4 Å². The molecule has 94 valence electrons. The molecule has 1 heterocycles. The minimum Gasteiger partial charge on any atom is -0.476 e. The summed E-state index contributed by atoms with van der Waals surface area (Å²) in [6.07, 6.45) is 2.07. The van der Waals surface area contributed by atoms with Gasteiger partial charge in [0.05, 0.1) is 6.54 Å². The maximum absolute atomic E-state index is 10.6. The molecular formula is C13H14N2O3. The molecule has 0 aliphatic heterocycles. The summed E-state index contributed by atoms with van der Waals surface area (Å²) >= 11 is 0. The summed E-state index contributed by atoms with van der Waals surface area (Å²) in [6, 6.07) is 7.94. The van der Waals surface area contributed by atoms with Crippen molar-refractivity contribution in [3.8, 4) is 0 Å². The van der Waals surface area contributed by atoms with Crippen molar-refractivity contribution in [1.82, 2.24) is 4.98 Å². The molecule has 0 amide bonds. The van der Waals surface area contributed by atoms with Gasteiger partial charge in [-0.2, -0.15) is 0 Å². The molecule has 0 fully saturated rings. The summed E-state index contributed by atoms with van der Waals surface area (Å²) in [5, 5.41) is 11.9. The molecule has 0 saturated carbocycles. The lowest BCUT2D eigenvalue weighted by atomic mass is 10.1. The maximum Gasteiger partial charge on any atom is 0.357 e. The highest BCUT2D eigenvalue weighted by molar-refractivity contribution is 5.84. The van der Waals surface area contributed by atoms with Crippen molar-refractivity contribution in [1.29, 1.82) is 0 Å². The van der Waals surface area contributed by atoms with Crippen LogP contribution in [0.1, 0.15) is 28.9 Å². The zero-order chi connectivity index (χ0) is 13.0. The Bertz CT molecular complexity index is 549. The molecule has 0 radical (unpaired) electrons. The van der Waals surface area contributed by atoms with Gasteiger partial charge in [-0.15, -0.1) is 0 Å². The number of anilines is 1. The fourth-order valence-corrected chi connectivity index (χ4v) is 1.66. The largest absolute Gasteiger partial charge is 0.476 e. The fourth-order valence-electron chi connectivity index (χ4n) is 1.66. The highest BCUT2D eigenvalue weighted by atomic mass is 16.4. The van der Waals surface area contributed by atoms with Gasteiger partial charge in [0.2, 0.25) is 5.89 Å². The number of aromatic nitrogens is 1. The van der Waals surface area contributed by atoms with Crippen LogP contribution >= 0.6 is 0 Å². The third kappa shape index (κ3) is 2.68. The Morgan fingerprint density at radius 3 is 2.89 bits per heavy atom. The number of carboxylic acids is 1. The van der Waals surface area contributed by atoms with Crippen LogP contribution < -0.4 is 5.32 Å². The molecule has 2 rings (SSSR count). The molecule has 1 aromatic heterocycles. The predicted octanol–water partition coefficient (Wildman–Crippen LogP) is 2.55. The van der Waals surface area contributed by atoms with Gasteiger partial charge in [-0.1, -0.05) is 25.1 Å². The van der Waals surface area contributed by atoms with Crippen LogP contribution in [0.15, 0.2) is 34.9 Å². The van der Waals surface area contributed by atoms with E-state index in [1.165, 1.54) is 5.56 Å². The Balaban J connectivity index is 2.04. The van der Waals surface area contributed by atoms with Gasteiger partial charge in [-0.05, 0) is 18.1 Å². The van der Waals surface area contributed by atoms with Crippen LogP contribution in [0.5, 0.6) is 0 Å². The Morgan fingerprint density at radius 2 is 2.22 bits per heavy atom. The second-order valence-corrected chi connectivity index (χ2v) is 3.80. The predicted molar refractivity (Wildman–Crippen MR) is 66.6 cm³/mol. The number of carboxylic acid groups (broad SMARTS) is 1. The first-order valence-corrected chi connectivity index (χ1v) is 5.70. The Hall–Kier alpha value is -2.30. The number of rotatable bonds is 5. The van der Waals surface area contributed by atoms with E-state index in [-0.39, 0.29) is 5.69 Å². The number of nitrogens with one attached hydrogen (secondary N) is 1. The molecule has 0 bridgehead atoms. The van der Waals surface area contributed by atoms with Crippen LogP contribution in [0.2, 0.25) is 0 Å². The maximum atomic E-state index is 10.6. The molecule has 0 saturated heterocycles. The van der Waals surface area contributed by atoms with E-state index in [2.05, 4.69) is 17.2 Å². The van der Waals surface area contributed by atoms with Gasteiger partial charge in [0, 0.05) is 5.69 Å². The molecule has 0 spiro atoms.